The second-order valence-corrected chi connectivity index (χ2v) is 6.23. The summed E-state index contributed by atoms with van der Waals surface area (Å²) in [6, 6.07) is 5.56. The number of likely N-dealkylation sites (N-methyl/N-ethyl adjacent to an activating group) is 3. The van der Waals surface area contributed by atoms with Gasteiger partial charge in [-0.3, -0.25) is 9.59 Å². The summed E-state index contributed by atoms with van der Waals surface area (Å²) in [5.41, 5.74) is 2.69. The van der Waals surface area contributed by atoms with Gasteiger partial charge in [0.05, 0.1) is 12.2 Å². The number of amides is 2. The van der Waals surface area contributed by atoms with E-state index in [-0.39, 0.29) is 18.4 Å². The van der Waals surface area contributed by atoms with Crippen molar-refractivity contribution in [1.82, 2.24) is 9.97 Å². The zero-order chi connectivity index (χ0) is 18.8. The van der Waals surface area contributed by atoms with Crippen LogP contribution in [0.3, 0.4) is 0 Å². The second kappa shape index (κ2) is 6.99. The first-order valence-corrected chi connectivity index (χ1v) is 8.17. The van der Waals surface area contributed by atoms with Gasteiger partial charge in [0, 0.05) is 33.5 Å². The molecule has 2 aliphatic heterocycles. The van der Waals surface area contributed by atoms with E-state index in [9.17, 15) is 9.59 Å². The Balaban J connectivity index is 0.000000152. The van der Waals surface area contributed by atoms with Crippen LogP contribution in [0.5, 0.6) is 5.88 Å². The Labute approximate surface area is 152 Å². The number of aryl methyl sites for hydroxylation is 1. The van der Waals surface area contributed by atoms with Gasteiger partial charge >= 0.3 is 0 Å². The molecule has 0 saturated heterocycles. The molecule has 136 valence electrons. The van der Waals surface area contributed by atoms with Crippen molar-refractivity contribution < 1.29 is 14.3 Å². The van der Waals surface area contributed by atoms with Gasteiger partial charge in [-0.05, 0) is 30.7 Å². The number of carbonyl (C=O) groups is 2. The van der Waals surface area contributed by atoms with Crippen molar-refractivity contribution in [2.45, 2.75) is 6.92 Å². The Hall–Kier alpha value is -3.16. The molecule has 2 aliphatic rings. The molecule has 4 heterocycles. The van der Waals surface area contributed by atoms with Crippen molar-refractivity contribution in [3.05, 3.63) is 36.2 Å². The molecule has 2 aromatic heterocycles. The number of carbonyl (C=O) groups excluding carboxylic acids is 2. The summed E-state index contributed by atoms with van der Waals surface area (Å²) in [5, 5.41) is 0. The number of nitrogens with zero attached hydrogens (tertiary/aromatic N) is 5. The molecular weight excluding hydrogens is 334 g/mol. The molecule has 0 fully saturated rings. The predicted octanol–water partition coefficient (Wildman–Crippen LogP) is 1.24. The van der Waals surface area contributed by atoms with E-state index < -0.39 is 0 Å². The highest BCUT2D eigenvalue weighted by Crippen LogP contribution is 2.30. The first kappa shape index (κ1) is 17.7. The van der Waals surface area contributed by atoms with Gasteiger partial charge in [0.2, 0.25) is 11.8 Å². The van der Waals surface area contributed by atoms with Crippen LogP contribution in [0.1, 0.15) is 5.56 Å². The van der Waals surface area contributed by atoms with Crippen LogP contribution in [0, 0.1) is 6.92 Å². The Morgan fingerprint density at radius 1 is 1.04 bits per heavy atom. The molecule has 0 unspecified atom stereocenters. The van der Waals surface area contributed by atoms with Crippen LogP contribution in [0.2, 0.25) is 0 Å². The number of aromatic nitrogens is 2. The van der Waals surface area contributed by atoms with Crippen LogP contribution < -0.4 is 19.4 Å². The minimum Gasteiger partial charge on any atom is -0.466 e. The van der Waals surface area contributed by atoms with Gasteiger partial charge in [-0.2, -0.15) is 0 Å². The molecule has 0 aromatic carbocycles. The fourth-order valence-corrected chi connectivity index (χ4v) is 2.72. The van der Waals surface area contributed by atoms with E-state index >= 15 is 0 Å². The Morgan fingerprint density at radius 3 is 2.54 bits per heavy atom. The number of hydrogen-bond donors (Lipinski definition) is 0. The molecule has 26 heavy (non-hydrogen) atoms. The smallest absolute Gasteiger partial charge is 0.264 e. The molecule has 4 rings (SSSR count). The largest absolute Gasteiger partial charge is 0.466 e. The maximum Gasteiger partial charge on any atom is 0.264 e. The van der Waals surface area contributed by atoms with Crippen molar-refractivity contribution >= 4 is 29.0 Å². The lowest BCUT2D eigenvalue weighted by molar-refractivity contribution is -0.121. The lowest BCUT2D eigenvalue weighted by Gasteiger charge is -2.31. The molecule has 0 atom stereocenters. The number of hydrogen-bond acceptors (Lipinski definition) is 6. The summed E-state index contributed by atoms with van der Waals surface area (Å²) in [4.78, 5) is 36.1. The van der Waals surface area contributed by atoms with Gasteiger partial charge < -0.3 is 19.4 Å². The third-order valence-corrected chi connectivity index (χ3v) is 4.27. The molecule has 0 radical (unpaired) electrons. The number of pyridine rings is 2. The van der Waals surface area contributed by atoms with E-state index in [1.54, 1.807) is 42.2 Å². The molecule has 8 heteroatoms. The maximum atomic E-state index is 11.5. The van der Waals surface area contributed by atoms with E-state index in [0.717, 1.165) is 22.8 Å². The van der Waals surface area contributed by atoms with Crippen molar-refractivity contribution in [1.29, 1.82) is 0 Å². The van der Waals surface area contributed by atoms with E-state index in [2.05, 4.69) is 9.97 Å². The van der Waals surface area contributed by atoms with Crippen LogP contribution in [0.25, 0.3) is 0 Å². The zero-order valence-electron chi connectivity index (χ0n) is 15.3. The first-order chi connectivity index (χ1) is 12.4. The van der Waals surface area contributed by atoms with Crippen molar-refractivity contribution in [2.24, 2.45) is 0 Å². The molecule has 0 spiro atoms. The number of anilines is 3. The quantitative estimate of drug-likeness (QED) is 0.707. The highest BCUT2D eigenvalue weighted by molar-refractivity contribution is 6.01. The lowest BCUT2D eigenvalue weighted by Crippen LogP contribution is -2.42. The SMILES string of the molecule is CN1C(=O)COc2ncccc21.Cc1cnc2c(c1)N(C)C(=O)CN2C. The van der Waals surface area contributed by atoms with Crippen LogP contribution in [0.4, 0.5) is 17.2 Å². The van der Waals surface area contributed by atoms with Crippen LogP contribution in [-0.2, 0) is 9.59 Å². The standard InChI is InChI=1S/C10H13N3O.C8H8N2O2/c1-7-4-8-10(11-5-7)12(2)6-9(14)13(8)3;1-10-6-3-2-4-9-8(6)12-5-7(10)11/h4-5H,6H2,1-3H3;2-4H,5H2,1H3. The molecule has 0 N–H and O–H groups in total. The molecule has 0 bridgehead atoms. The van der Waals surface area contributed by atoms with E-state index in [1.165, 1.54) is 0 Å². The summed E-state index contributed by atoms with van der Waals surface area (Å²) in [6.45, 7) is 2.46. The van der Waals surface area contributed by atoms with Gasteiger partial charge in [-0.15, -0.1) is 0 Å². The third kappa shape index (κ3) is 3.30. The van der Waals surface area contributed by atoms with Gasteiger partial charge in [0.15, 0.2) is 12.4 Å². The fourth-order valence-electron chi connectivity index (χ4n) is 2.72. The normalized spacial score (nSPS) is 15.6. The Kier molecular flexibility index (Phi) is 4.75. The summed E-state index contributed by atoms with van der Waals surface area (Å²) >= 11 is 0. The Morgan fingerprint density at radius 2 is 1.77 bits per heavy atom. The van der Waals surface area contributed by atoms with Crippen LogP contribution in [0.15, 0.2) is 30.6 Å². The highest BCUT2D eigenvalue weighted by Gasteiger charge is 2.25. The van der Waals surface area contributed by atoms with Gasteiger partial charge in [-0.25, -0.2) is 9.97 Å². The van der Waals surface area contributed by atoms with Crippen molar-refractivity contribution in [3.8, 4) is 5.88 Å². The molecule has 0 saturated carbocycles. The topological polar surface area (TPSA) is 78.9 Å². The monoisotopic (exact) mass is 355 g/mol. The predicted molar refractivity (Wildman–Crippen MR) is 98.8 cm³/mol. The maximum absolute atomic E-state index is 11.5. The first-order valence-electron chi connectivity index (χ1n) is 8.17. The Bertz CT molecular complexity index is 854. The zero-order valence-corrected chi connectivity index (χ0v) is 15.3. The minimum absolute atomic E-state index is 0.0458. The minimum atomic E-state index is -0.0458. The fraction of sp³-hybridized carbons (Fsp3) is 0.333. The van der Waals surface area contributed by atoms with E-state index in [4.69, 9.17) is 4.74 Å². The third-order valence-electron chi connectivity index (χ3n) is 4.27. The second-order valence-electron chi connectivity index (χ2n) is 6.23. The summed E-state index contributed by atoms with van der Waals surface area (Å²) < 4.78 is 5.10. The number of fused-ring (bicyclic) bond motifs is 2. The van der Waals surface area contributed by atoms with E-state index in [0.29, 0.717) is 12.4 Å². The van der Waals surface area contributed by atoms with Crippen LogP contribution in [-0.4, -0.2) is 56.1 Å². The summed E-state index contributed by atoms with van der Waals surface area (Å²) in [5.74, 6) is 1.46. The van der Waals surface area contributed by atoms with E-state index in [1.807, 2.05) is 31.1 Å². The van der Waals surface area contributed by atoms with Crippen molar-refractivity contribution in [2.75, 3.05) is 49.0 Å². The molecular formula is C18H21N5O3. The van der Waals surface area contributed by atoms with Gasteiger partial charge in [0.25, 0.3) is 5.91 Å². The number of rotatable bonds is 0. The number of ether oxygens (including phenoxy) is 1. The molecule has 2 amide bonds. The molecule has 0 aliphatic carbocycles. The van der Waals surface area contributed by atoms with Crippen molar-refractivity contribution in [3.63, 3.8) is 0 Å². The average molecular weight is 355 g/mol. The highest BCUT2D eigenvalue weighted by atomic mass is 16.5. The summed E-state index contributed by atoms with van der Waals surface area (Å²) in [6.07, 6.45) is 3.46. The van der Waals surface area contributed by atoms with Crippen LogP contribution >= 0.6 is 0 Å². The average Bonchev–Trinajstić information content (AvgIpc) is 2.63. The lowest BCUT2D eigenvalue weighted by atomic mass is 10.2. The molecule has 2 aromatic rings. The summed E-state index contributed by atoms with van der Waals surface area (Å²) in [7, 11) is 5.38. The van der Waals surface area contributed by atoms with Gasteiger partial charge in [-0.1, -0.05) is 0 Å². The molecule has 8 nitrogen and oxygen atoms in total. The van der Waals surface area contributed by atoms with Gasteiger partial charge in [0.1, 0.15) is 5.69 Å².